The zero-order valence-electron chi connectivity index (χ0n) is 17.6. The molecule has 0 aliphatic carbocycles. The van der Waals surface area contributed by atoms with Gasteiger partial charge in [0.15, 0.2) is 0 Å². The largest absolute Gasteiger partial charge is 0.323 e. The molecular formula is C23H20N6O3S. The van der Waals surface area contributed by atoms with Gasteiger partial charge in [-0.05, 0) is 48.0 Å². The molecule has 0 aliphatic rings. The molecule has 0 spiro atoms. The number of rotatable bonds is 6. The average molecular weight is 461 g/mol. The van der Waals surface area contributed by atoms with Crippen LogP contribution in [-0.2, 0) is 9.84 Å². The van der Waals surface area contributed by atoms with Crippen molar-refractivity contribution in [1.29, 1.82) is 0 Å². The highest BCUT2D eigenvalue weighted by molar-refractivity contribution is 7.90. The fraction of sp³-hybridized carbons (Fsp3) is 0.0435. The van der Waals surface area contributed by atoms with E-state index in [0.717, 1.165) is 17.4 Å². The third kappa shape index (κ3) is 4.80. The van der Waals surface area contributed by atoms with Crippen LogP contribution in [0.2, 0.25) is 0 Å². The van der Waals surface area contributed by atoms with Gasteiger partial charge < -0.3 is 11.2 Å². The number of carbonyl (C=O) groups is 1. The Morgan fingerprint density at radius 2 is 1.85 bits per heavy atom. The Morgan fingerprint density at radius 1 is 1.06 bits per heavy atom. The van der Waals surface area contributed by atoms with Crippen LogP contribution in [0.25, 0.3) is 16.9 Å². The lowest BCUT2D eigenvalue weighted by molar-refractivity contribution is 0.102. The number of pyridine rings is 1. The molecule has 0 bridgehead atoms. The fourth-order valence-corrected chi connectivity index (χ4v) is 4.11. The SMILES string of the molecule is CS(=O)(=O)c1nccn1-c1ccc(NC(=O)c2cccnc2-c2cccc(C=NN)c2)cc1. The highest BCUT2D eigenvalue weighted by Gasteiger charge is 2.17. The number of benzene rings is 2. The van der Waals surface area contributed by atoms with Gasteiger partial charge in [-0.15, -0.1) is 0 Å². The number of imidazole rings is 1. The van der Waals surface area contributed by atoms with Gasteiger partial charge in [0.25, 0.3) is 5.91 Å². The number of nitrogens with two attached hydrogens (primary N) is 1. The third-order valence-electron chi connectivity index (χ3n) is 4.78. The van der Waals surface area contributed by atoms with Crippen molar-refractivity contribution in [1.82, 2.24) is 14.5 Å². The van der Waals surface area contributed by atoms with E-state index in [1.807, 2.05) is 24.3 Å². The highest BCUT2D eigenvalue weighted by atomic mass is 32.2. The first-order valence-corrected chi connectivity index (χ1v) is 11.7. The molecule has 2 aromatic heterocycles. The van der Waals surface area contributed by atoms with Crippen molar-refractivity contribution in [3.63, 3.8) is 0 Å². The monoisotopic (exact) mass is 460 g/mol. The second kappa shape index (κ2) is 9.05. The summed E-state index contributed by atoms with van der Waals surface area (Å²) >= 11 is 0. The molecule has 33 heavy (non-hydrogen) atoms. The lowest BCUT2D eigenvalue weighted by atomic mass is 10.0. The molecule has 166 valence electrons. The van der Waals surface area contributed by atoms with E-state index in [1.165, 1.54) is 17.0 Å². The number of aromatic nitrogens is 3. The molecule has 0 radical (unpaired) electrons. The molecule has 10 heteroatoms. The molecule has 4 aromatic rings. The highest BCUT2D eigenvalue weighted by Crippen LogP contribution is 2.24. The molecule has 4 rings (SSSR count). The minimum absolute atomic E-state index is 0.0544. The van der Waals surface area contributed by atoms with Gasteiger partial charge in [-0.2, -0.15) is 5.10 Å². The molecule has 2 aromatic carbocycles. The Kier molecular flexibility index (Phi) is 6.01. The number of anilines is 1. The summed E-state index contributed by atoms with van der Waals surface area (Å²) in [6.07, 6.45) is 7.22. The molecule has 0 atom stereocenters. The molecule has 0 unspecified atom stereocenters. The Morgan fingerprint density at radius 3 is 2.58 bits per heavy atom. The quantitative estimate of drug-likeness (QED) is 0.258. The van der Waals surface area contributed by atoms with Gasteiger partial charge >= 0.3 is 0 Å². The van der Waals surface area contributed by atoms with E-state index in [2.05, 4.69) is 20.4 Å². The maximum absolute atomic E-state index is 13.0. The molecule has 0 saturated heterocycles. The van der Waals surface area contributed by atoms with Crippen molar-refractivity contribution < 1.29 is 13.2 Å². The molecular weight excluding hydrogens is 440 g/mol. The van der Waals surface area contributed by atoms with Gasteiger partial charge in [-0.1, -0.05) is 18.2 Å². The minimum Gasteiger partial charge on any atom is -0.323 e. The van der Waals surface area contributed by atoms with Crippen molar-refractivity contribution in [2.45, 2.75) is 5.16 Å². The Bertz CT molecular complexity index is 1440. The van der Waals surface area contributed by atoms with E-state index in [-0.39, 0.29) is 11.1 Å². The van der Waals surface area contributed by atoms with Gasteiger partial charge in [0.2, 0.25) is 15.0 Å². The van der Waals surface area contributed by atoms with Crippen LogP contribution in [0.15, 0.2) is 89.5 Å². The van der Waals surface area contributed by atoms with E-state index in [1.54, 1.807) is 48.8 Å². The summed E-state index contributed by atoms with van der Waals surface area (Å²) in [5, 5.41) is 6.34. The van der Waals surface area contributed by atoms with E-state index in [9.17, 15) is 13.2 Å². The van der Waals surface area contributed by atoms with Crippen LogP contribution in [0.5, 0.6) is 0 Å². The maximum atomic E-state index is 13.0. The van der Waals surface area contributed by atoms with Crippen molar-refractivity contribution in [3.8, 4) is 16.9 Å². The summed E-state index contributed by atoms with van der Waals surface area (Å²) in [6.45, 7) is 0. The zero-order valence-corrected chi connectivity index (χ0v) is 18.4. The predicted octanol–water partition coefficient (Wildman–Crippen LogP) is 2.88. The van der Waals surface area contributed by atoms with Crippen molar-refractivity contribution >= 4 is 27.6 Å². The number of carbonyl (C=O) groups excluding carboxylic acids is 1. The first-order valence-electron chi connectivity index (χ1n) is 9.81. The summed E-state index contributed by atoms with van der Waals surface area (Å²) in [6, 6.07) is 17.5. The van der Waals surface area contributed by atoms with Crippen LogP contribution in [0, 0.1) is 0 Å². The molecule has 9 nitrogen and oxygen atoms in total. The van der Waals surface area contributed by atoms with Crippen molar-refractivity contribution in [2.24, 2.45) is 10.9 Å². The van der Waals surface area contributed by atoms with Gasteiger partial charge in [0.1, 0.15) is 0 Å². The summed E-state index contributed by atoms with van der Waals surface area (Å²) in [7, 11) is -3.48. The predicted molar refractivity (Wildman–Crippen MR) is 126 cm³/mol. The topological polar surface area (TPSA) is 132 Å². The number of nitrogens with one attached hydrogen (secondary N) is 1. The molecule has 1 amide bonds. The minimum atomic E-state index is -3.48. The second-order valence-corrected chi connectivity index (χ2v) is 9.07. The maximum Gasteiger partial charge on any atom is 0.257 e. The first kappa shape index (κ1) is 21.9. The number of sulfone groups is 1. The van der Waals surface area contributed by atoms with Gasteiger partial charge in [-0.25, -0.2) is 13.4 Å². The molecule has 0 aliphatic heterocycles. The van der Waals surface area contributed by atoms with Crippen LogP contribution < -0.4 is 11.2 Å². The smallest absolute Gasteiger partial charge is 0.257 e. The lowest BCUT2D eigenvalue weighted by Crippen LogP contribution is -2.14. The molecule has 2 heterocycles. The van der Waals surface area contributed by atoms with E-state index < -0.39 is 9.84 Å². The Labute approximate surface area is 190 Å². The summed E-state index contributed by atoms with van der Waals surface area (Å²) in [5.41, 5.74) is 3.61. The second-order valence-electron chi connectivity index (χ2n) is 7.16. The molecule has 3 N–H and O–H groups in total. The number of hydrazone groups is 1. The molecule has 0 saturated carbocycles. The van der Waals surface area contributed by atoms with E-state index in [0.29, 0.717) is 22.6 Å². The van der Waals surface area contributed by atoms with Gasteiger partial charge in [-0.3, -0.25) is 14.3 Å². The summed E-state index contributed by atoms with van der Waals surface area (Å²) in [5.74, 6) is 4.91. The summed E-state index contributed by atoms with van der Waals surface area (Å²) in [4.78, 5) is 21.3. The first-order chi connectivity index (χ1) is 15.9. The number of amides is 1. The van der Waals surface area contributed by atoms with E-state index >= 15 is 0 Å². The van der Waals surface area contributed by atoms with Crippen molar-refractivity contribution in [2.75, 3.05) is 11.6 Å². The zero-order chi connectivity index (χ0) is 23.4. The average Bonchev–Trinajstić information content (AvgIpc) is 3.31. The van der Waals surface area contributed by atoms with Crippen LogP contribution in [0.1, 0.15) is 15.9 Å². The van der Waals surface area contributed by atoms with Gasteiger partial charge in [0, 0.05) is 41.8 Å². The summed E-state index contributed by atoms with van der Waals surface area (Å²) < 4.78 is 25.3. The van der Waals surface area contributed by atoms with Crippen LogP contribution >= 0.6 is 0 Å². The third-order valence-corrected chi connectivity index (χ3v) is 5.74. The number of hydrogen-bond donors (Lipinski definition) is 2. The molecule has 0 fully saturated rings. The van der Waals surface area contributed by atoms with Gasteiger partial charge in [0.05, 0.1) is 17.5 Å². The number of hydrogen-bond acceptors (Lipinski definition) is 7. The van der Waals surface area contributed by atoms with E-state index in [4.69, 9.17) is 5.84 Å². The Balaban J connectivity index is 1.59. The Hall–Kier alpha value is -4.31. The standard InChI is InChI=1S/C23H20N6O3S/c1-33(31,32)23-26-12-13-29(23)19-9-7-18(8-10-19)28-22(30)20-6-3-11-25-21(20)17-5-2-4-16(14-17)15-27-24/h2-15H,24H2,1H3,(H,28,30). The number of nitrogens with zero attached hydrogens (tertiary/aromatic N) is 4. The fourth-order valence-electron chi connectivity index (χ4n) is 3.34. The van der Waals surface area contributed by atoms with Crippen LogP contribution in [0.3, 0.4) is 0 Å². The normalized spacial score (nSPS) is 11.5. The van der Waals surface area contributed by atoms with Crippen LogP contribution in [-0.4, -0.2) is 41.3 Å². The van der Waals surface area contributed by atoms with Crippen molar-refractivity contribution in [3.05, 3.63) is 90.4 Å². The lowest BCUT2D eigenvalue weighted by Gasteiger charge is -2.11. The van der Waals surface area contributed by atoms with Crippen LogP contribution in [0.4, 0.5) is 5.69 Å².